The molecule has 3 rings (SSSR count). The maximum Gasteiger partial charge on any atom is 0.417 e. The van der Waals surface area contributed by atoms with Crippen molar-refractivity contribution in [2.75, 3.05) is 31.1 Å². The number of alkyl halides is 3. The van der Waals surface area contributed by atoms with Crippen molar-refractivity contribution in [1.29, 1.82) is 5.26 Å². The van der Waals surface area contributed by atoms with Crippen molar-refractivity contribution >= 4 is 34.8 Å². The van der Waals surface area contributed by atoms with Crippen molar-refractivity contribution < 1.29 is 22.8 Å². The fourth-order valence-electron chi connectivity index (χ4n) is 5.02. The van der Waals surface area contributed by atoms with Gasteiger partial charge in [-0.25, -0.2) is 0 Å². The highest BCUT2D eigenvalue weighted by Crippen LogP contribution is 2.38. The molecule has 0 aliphatic carbocycles. The molecule has 2 aliphatic heterocycles. The molecule has 11 heteroatoms. The molecule has 0 saturated carbocycles. The van der Waals surface area contributed by atoms with Gasteiger partial charge in [-0.15, -0.1) is 0 Å². The third kappa shape index (κ3) is 6.60. The largest absolute Gasteiger partial charge is 0.417 e. The van der Waals surface area contributed by atoms with Gasteiger partial charge in [0.1, 0.15) is 5.54 Å². The number of likely N-dealkylation sites (tertiary alicyclic amines) is 1. The molecule has 2 fully saturated rings. The van der Waals surface area contributed by atoms with E-state index in [0.29, 0.717) is 6.54 Å². The van der Waals surface area contributed by atoms with Crippen LogP contribution in [0.25, 0.3) is 0 Å². The number of nitrogens with two attached hydrogens (primary N) is 1. The highest BCUT2D eigenvalue weighted by atomic mass is 32.1. The topological polar surface area (TPSA) is 93.7 Å². The fourth-order valence-corrected chi connectivity index (χ4v) is 5.53. The number of halogens is 3. The molecule has 1 aromatic carbocycles. The second kappa shape index (κ2) is 11.8. The zero-order chi connectivity index (χ0) is 27.4. The molecule has 2 heterocycles. The van der Waals surface area contributed by atoms with Gasteiger partial charge in [-0.3, -0.25) is 14.5 Å². The molecule has 2 aliphatic rings. The van der Waals surface area contributed by atoms with Crippen LogP contribution in [0.4, 0.5) is 18.9 Å². The first-order valence-electron chi connectivity index (χ1n) is 12.7. The van der Waals surface area contributed by atoms with Gasteiger partial charge in [-0.1, -0.05) is 25.7 Å². The maximum absolute atomic E-state index is 13.4. The number of anilines is 1. The Balaban J connectivity index is 1.48. The Morgan fingerprint density at radius 3 is 2.35 bits per heavy atom. The lowest BCUT2D eigenvalue weighted by atomic mass is 10.0. The number of benzene rings is 1. The van der Waals surface area contributed by atoms with Crippen molar-refractivity contribution in [1.82, 2.24) is 9.80 Å². The third-order valence-electron chi connectivity index (χ3n) is 7.29. The zero-order valence-corrected chi connectivity index (χ0v) is 22.1. The Morgan fingerprint density at radius 1 is 1.16 bits per heavy atom. The summed E-state index contributed by atoms with van der Waals surface area (Å²) >= 11 is 5.53. The van der Waals surface area contributed by atoms with E-state index in [-0.39, 0.29) is 22.6 Å². The van der Waals surface area contributed by atoms with Crippen LogP contribution in [0.2, 0.25) is 0 Å². The van der Waals surface area contributed by atoms with Crippen molar-refractivity contribution in [2.24, 2.45) is 11.7 Å². The molecule has 202 valence electrons. The number of primary amides is 1. The van der Waals surface area contributed by atoms with E-state index >= 15 is 0 Å². The number of unbranched alkanes of at least 4 members (excludes halogenated alkanes) is 5. The SMILES string of the molecule is CC1(C)C(=O)N(c2ccc(C#N)c(C(F)(F)F)c2)C(=S)N1CCCCCCCCN1CC[C@@H](C(N)=O)C1. The molecular weight excluding hydrogens is 503 g/mol. The molecule has 1 atom stereocenters. The molecule has 2 N–H and O–H groups in total. The number of nitrogens with zero attached hydrogens (tertiary/aromatic N) is 4. The average Bonchev–Trinajstić information content (AvgIpc) is 3.37. The summed E-state index contributed by atoms with van der Waals surface area (Å²) in [5.41, 5.74) is 2.82. The number of carbonyl (C=O) groups excluding carboxylic acids is 2. The standard InChI is InChI=1S/C26H34F3N5O2S/c1-25(2)23(36)34(20-10-9-18(16-30)21(15-20)26(27,28)29)24(37)33(25)13-8-6-4-3-5-7-12-32-14-11-19(17-32)22(31)35/h9-10,15,19H,3-8,11-14,17H2,1-2H3,(H2,31,35)/t19-/m1/s1. The molecule has 2 saturated heterocycles. The quantitative estimate of drug-likeness (QED) is 0.332. The Bertz CT molecular complexity index is 1070. The van der Waals surface area contributed by atoms with Crippen LogP contribution in [0.5, 0.6) is 0 Å². The maximum atomic E-state index is 13.4. The van der Waals surface area contributed by atoms with Crippen molar-refractivity contribution in [3.05, 3.63) is 29.3 Å². The molecule has 2 amide bonds. The van der Waals surface area contributed by atoms with Gasteiger partial charge in [0.25, 0.3) is 5.91 Å². The van der Waals surface area contributed by atoms with E-state index in [2.05, 4.69) is 4.90 Å². The monoisotopic (exact) mass is 537 g/mol. The number of hydrogen-bond donors (Lipinski definition) is 1. The normalized spacial score (nSPS) is 20.1. The van der Waals surface area contributed by atoms with Crippen LogP contribution in [0, 0.1) is 17.2 Å². The summed E-state index contributed by atoms with van der Waals surface area (Å²) in [6.07, 6.45) is 2.16. The van der Waals surface area contributed by atoms with E-state index in [1.54, 1.807) is 24.8 Å². The van der Waals surface area contributed by atoms with Gasteiger partial charge in [0.05, 0.1) is 28.8 Å². The highest BCUT2D eigenvalue weighted by Gasteiger charge is 2.49. The van der Waals surface area contributed by atoms with Gasteiger partial charge < -0.3 is 15.5 Å². The van der Waals surface area contributed by atoms with Gasteiger partial charge in [-0.2, -0.15) is 18.4 Å². The smallest absolute Gasteiger partial charge is 0.369 e. The first-order chi connectivity index (χ1) is 17.4. The molecule has 0 radical (unpaired) electrons. The van der Waals surface area contributed by atoms with Crippen LogP contribution in [0.15, 0.2) is 18.2 Å². The van der Waals surface area contributed by atoms with Crippen LogP contribution >= 0.6 is 12.2 Å². The average molecular weight is 538 g/mol. The van der Waals surface area contributed by atoms with Crippen LogP contribution in [0.3, 0.4) is 0 Å². The first kappa shape index (κ1) is 28.9. The predicted molar refractivity (Wildman–Crippen MR) is 138 cm³/mol. The predicted octanol–water partition coefficient (Wildman–Crippen LogP) is 4.44. The molecule has 0 aromatic heterocycles. The van der Waals surface area contributed by atoms with E-state index < -0.39 is 28.7 Å². The summed E-state index contributed by atoms with van der Waals surface area (Å²) in [6.45, 7) is 6.63. The van der Waals surface area contributed by atoms with Crippen molar-refractivity contribution in [3.63, 3.8) is 0 Å². The summed E-state index contributed by atoms with van der Waals surface area (Å²) in [6, 6.07) is 4.77. The minimum Gasteiger partial charge on any atom is -0.369 e. The number of hydrogen-bond acceptors (Lipinski definition) is 5. The molecule has 37 heavy (non-hydrogen) atoms. The molecule has 0 bridgehead atoms. The highest BCUT2D eigenvalue weighted by molar-refractivity contribution is 7.80. The second-order valence-corrected chi connectivity index (χ2v) is 10.6. The summed E-state index contributed by atoms with van der Waals surface area (Å²) in [7, 11) is 0. The Hall–Kier alpha value is -2.71. The van der Waals surface area contributed by atoms with Gasteiger partial charge >= 0.3 is 6.18 Å². The third-order valence-corrected chi connectivity index (χ3v) is 7.69. The summed E-state index contributed by atoms with van der Waals surface area (Å²) in [4.78, 5) is 29.6. The van der Waals surface area contributed by atoms with E-state index in [4.69, 9.17) is 23.2 Å². The van der Waals surface area contributed by atoms with Crippen LogP contribution < -0.4 is 10.6 Å². The molecule has 0 spiro atoms. The van der Waals surface area contributed by atoms with Crippen LogP contribution in [-0.2, 0) is 15.8 Å². The van der Waals surface area contributed by atoms with Gasteiger partial charge in [0, 0.05) is 13.1 Å². The second-order valence-electron chi connectivity index (χ2n) is 10.3. The lowest BCUT2D eigenvalue weighted by Crippen LogP contribution is -2.44. The minimum absolute atomic E-state index is 0.0112. The number of amides is 2. The van der Waals surface area contributed by atoms with E-state index in [9.17, 15) is 22.8 Å². The number of thiocarbonyl (C=S) groups is 1. The lowest BCUT2D eigenvalue weighted by Gasteiger charge is -2.29. The van der Waals surface area contributed by atoms with Crippen molar-refractivity contribution in [2.45, 2.75) is 70.5 Å². The summed E-state index contributed by atoms with van der Waals surface area (Å²) in [5.74, 6) is -0.626. The van der Waals surface area contributed by atoms with Gasteiger partial charge in [0.15, 0.2) is 5.11 Å². The molecular formula is C26H34F3N5O2S. The van der Waals surface area contributed by atoms with Gasteiger partial charge in [0.2, 0.25) is 5.91 Å². The van der Waals surface area contributed by atoms with Gasteiger partial charge in [-0.05, 0) is 76.6 Å². The van der Waals surface area contributed by atoms with E-state index in [1.165, 1.54) is 6.07 Å². The van der Waals surface area contributed by atoms with E-state index in [0.717, 1.165) is 81.6 Å². The van der Waals surface area contributed by atoms with Crippen LogP contribution in [0.1, 0.15) is 69.9 Å². The lowest BCUT2D eigenvalue weighted by molar-refractivity contribution is -0.137. The Labute approximate surface area is 221 Å². The molecule has 7 nitrogen and oxygen atoms in total. The zero-order valence-electron chi connectivity index (χ0n) is 21.3. The van der Waals surface area contributed by atoms with E-state index in [1.807, 2.05) is 0 Å². The minimum atomic E-state index is -4.72. The fraction of sp³-hybridized carbons (Fsp3) is 0.615. The Kier molecular flexibility index (Phi) is 9.18. The molecule has 0 unspecified atom stereocenters. The number of nitriles is 1. The summed E-state index contributed by atoms with van der Waals surface area (Å²) in [5, 5.41) is 9.22. The number of rotatable bonds is 11. The number of carbonyl (C=O) groups is 2. The molecule has 1 aromatic rings. The first-order valence-corrected chi connectivity index (χ1v) is 13.1. The van der Waals surface area contributed by atoms with Crippen molar-refractivity contribution in [3.8, 4) is 6.07 Å². The van der Waals surface area contributed by atoms with Crippen LogP contribution in [-0.4, -0.2) is 58.4 Å². The Morgan fingerprint density at radius 2 is 1.78 bits per heavy atom. The summed E-state index contributed by atoms with van der Waals surface area (Å²) < 4.78 is 40.3.